The van der Waals surface area contributed by atoms with Crippen molar-refractivity contribution in [2.24, 2.45) is 0 Å². The van der Waals surface area contributed by atoms with E-state index in [0.717, 1.165) is 12.8 Å². The molecule has 5 nitrogen and oxygen atoms in total. The van der Waals surface area contributed by atoms with Gasteiger partial charge in [0.25, 0.3) is 0 Å². The van der Waals surface area contributed by atoms with Gasteiger partial charge in [0.05, 0.1) is 20.1 Å². The van der Waals surface area contributed by atoms with Gasteiger partial charge in [0.1, 0.15) is 0 Å². The van der Waals surface area contributed by atoms with E-state index < -0.39 is 6.09 Å². The van der Waals surface area contributed by atoms with Crippen LogP contribution < -0.4 is 0 Å². The first kappa shape index (κ1) is 15.7. The molecule has 0 spiro atoms. The highest BCUT2D eigenvalue weighted by Crippen LogP contribution is 2.09. The third kappa shape index (κ3) is 6.14. The van der Waals surface area contributed by atoms with Gasteiger partial charge in [-0.25, -0.2) is 4.79 Å². The SMILES string of the molecule is CCCCN(C(=O)OC)C(C)CC(=O)OCC. The zero-order valence-electron chi connectivity index (χ0n) is 11.2. The topological polar surface area (TPSA) is 55.8 Å². The van der Waals surface area contributed by atoms with E-state index in [1.807, 2.05) is 13.8 Å². The summed E-state index contributed by atoms with van der Waals surface area (Å²) in [6, 6.07) is -0.201. The molecule has 0 aromatic heterocycles. The first-order chi connectivity index (χ1) is 8.06. The fourth-order valence-corrected chi connectivity index (χ4v) is 1.51. The molecular formula is C12H23NO4. The molecule has 100 valence electrons. The predicted molar refractivity (Wildman–Crippen MR) is 64.7 cm³/mol. The van der Waals surface area contributed by atoms with Crippen molar-refractivity contribution in [2.45, 2.75) is 46.1 Å². The second kappa shape index (κ2) is 8.84. The average Bonchev–Trinajstić information content (AvgIpc) is 2.29. The van der Waals surface area contributed by atoms with Crippen LogP contribution in [0.4, 0.5) is 4.79 Å². The molecule has 1 unspecified atom stereocenters. The number of esters is 1. The van der Waals surface area contributed by atoms with Gasteiger partial charge in [0, 0.05) is 12.6 Å². The highest BCUT2D eigenvalue weighted by atomic mass is 16.5. The standard InChI is InChI=1S/C12H23NO4/c1-5-7-8-13(12(15)16-4)10(3)9-11(14)17-6-2/h10H,5-9H2,1-4H3. The fourth-order valence-electron chi connectivity index (χ4n) is 1.51. The molecule has 0 heterocycles. The summed E-state index contributed by atoms with van der Waals surface area (Å²) in [4.78, 5) is 24.5. The molecule has 17 heavy (non-hydrogen) atoms. The lowest BCUT2D eigenvalue weighted by Gasteiger charge is -2.27. The number of hydrogen-bond donors (Lipinski definition) is 0. The molecule has 0 aliphatic rings. The zero-order chi connectivity index (χ0) is 13.3. The first-order valence-corrected chi connectivity index (χ1v) is 6.06. The Kier molecular flexibility index (Phi) is 8.19. The molecule has 0 aliphatic carbocycles. The maximum absolute atomic E-state index is 11.6. The van der Waals surface area contributed by atoms with Gasteiger partial charge in [-0.1, -0.05) is 13.3 Å². The van der Waals surface area contributed by atoms with Crippen molar-refractivity contribution >= 4 is 12.1 Å². The van der Waals surface area contributed by atoms with Gasteiger partial charge in [0.2, 0.25) is 0 Å². The average molecular weight is 245 g/mol. The van der Waals surface area contributed by atoms with Crippen molar-refractivity contribution in [3.63, 3.8) is 0 Å². The molecule has 0 N–H and O–H groups in total. The first-order valence-electron chi connectivity index (χ1n) is 6.06. The third-order valence-corrected chi connectivity index (χ3v) is 2.46. The molecule has 0 rings (SSSR count). The molecule has 0 bridgehead atoms. The van der Waals surface area contributed by atoms with Gasteiger partial charge < -0.3 is 14.4 Å². The quantitative estimate of drug-likeness (QED) is 0.645. The lowest BCUT2D eigenvalue weighted by Crippen LogP contribution is -2.40. The van der Waals surface area contributed by atoms with Gasteiger partial charge in [0.15, 0.2) is 0 Å². The van der Waals surface area contributed by atoms with Gasteiger partial charge in [-0.3, -0.25) is 4.79 Å². The van der Waals surface area contributed by atoms with Crippen LogP contribution in [-0.4, -0.2) is 43.3 Å². The van der Waals surface area contributed by atoms with Gasteiger partial charge in [-0.05, 0) is 20.3 Å². The Labute approximate surface area is 103 Å². The molecular weight excluding hydrogens is 222 g/mol. The maximum Gasteiger partial charge on any atom is 0.409 e. The molecule has 0 saturated carbocycles. The molecule has 0 radical (unpaired) electrons. The van der Waals surface area contributed by atoms with Crippen molar-refractivity contribution < 1.29 is 19.1 Å². The molecule has 1 atom stereocenters. The van der Waals surface area contributed by atoms with E-state index >= 15 is 0 Å². The Morgan fingerprint density at radius 3 is 2.41 bits per heavy atom. The van der Waals surface area contributed by atoms with Crippen LogP contribution in [0.2, 0.25) is 0 Å². The summed E-state index contributed by atoms with van der Waals surface area (Å²) in [6.45, 7) is 6.59. The van der Waals surface area contributed by atoms with Gasteiger partial charge in [-0.2, -0.15) is 0 Å². The third-order valence-electron chi connectivity index (χ3n) is 2.46. The van der Waals surface area contributed by atoms with E-state index in [4.69, 9.17) is 9.47 Å². The molecule has 0 aromatic carbocycles. The van der Waals surface area contributed by atoms with E-state index in [2.05, 4.69) is 0 Å². The second-order valence-electron chi connectivity index (χ2n) is 3.88. The van der Waals surface area contributed by atoms with Crippen LogP contribution in [0.15, 0.2) is 0 Å². The van der Waals surface area contributed by atoms with Crippen molar-refractivity contribution in [3.8, 4) is 0 Å². The van der Waals surface area contributed by atoms with E-state index in [1.54, 1.807) is 11.8 Å². The van der Waals surface area contributed by atoms with E-state index in [9.17, 15) is 9.59 Å². The van der Waals surface area contributed by atoms with E-state index in [0.29, 0.717) is 13.2 Å². The smallest absolute Gasteiger partial charge is 0.409 e. The van der Waals surface area contributed by atoms with E-state index in [1.165, 1.54) is 7.11 Å². The summed E-state index contributed by atoms with van der Waals surface area (Å²) in [6.07, 6.45) is 1.68. The van der Waals surface area contributed by atoms with Crippen LogP contribution in [0.25, 0.3) is 0 Å². The largest absolute Gasteiger partial charge is 0.466 e. The number of amides is 1. The molecule has 5 heteroatoms. The Bertz CT molecular complexity index is 243. The number of rotatable bonds is 7. The highest BCUT2D eigenvalue weighted by Gasteiger charge is 2.22. The summed E-state index contributed by atoms with van der Waals surface area (Å²) in [5, 5.41) is 0. The van der Waals surface area contributed by atoms with Crippen molar-refractivity contribution in [3.05, 3.63) is 0 Å². The van der Waals surface area contributed by atoms with Crippen molar-refractivity contribution in [1.82, 2.24) is 4.90 Å². The van der Waals surface area contributed by atoms with Crippen molar-refractivity contribution in [2.75, 3.05) is 20.3 Å². The number of ether oxygens (including phenoxy) is 2. The van der Waals surface area contributed by atoms with Crippen LogP contribution >= 0.6 is 0 Å². The number of carbonyl (C=O) groups is 2. The molecule has 0 fully saturated rings. The summed E-state index contributed by atoms with van der Waals surface area (Å²) >= 11 is 0. The summed E-state index contributed by atoms with van der Waals surface area (Å²) in [5.41, 5.74) is 0. The van der Waals surface area contributed by atoms with Crippen LogP contribution in [-0.2, 0) is 14.3 Å². The van der Waals surface area contributed by atoms with Crippen LogP contribution in [0, 0.1) is 0 Å². The van der Waals surface area contributed by atoms with Gasteiger partial charge in [-0.15, -0.1) is 0 Å². The minimum Gasteiger partial charge on any atom is -0.466 e. The van der Waals surface area contributed by atoms with Crippen LogP contribution in [0.1, 0.15) is 40.0 Å². The number of nitrogens with zero attached hydrogens (tertiary/aromatic N) is 1. The number of unbranched alkanes of at least 4 members (excludes halogenated alkanes) is 1. The normalized spacial score (nSPS) is 11.8. The summed E-state index contributed by atoms with van der Waals surface area (Å²) in [5.74, 6) is -0.287. The lowest BCUT2D eigenvalue weighted by atomic mass is 10.2. The monoisotopic (exact) mass is 245 g/mol. The minimum absolute atomic E-state index is 0.201. The number of methoxy groups -OCH3 is 1. The van der Waals surface area contributed by atoms with E-state index in [-0.39, 0.29) is 18.4 Å². The Morgan fingerprint density at radius 2 is 1.94 bits per heavy atom. The predicted octanol–water partition coefficient (Wildman–Crippen LogP) is 2.20. The Balaban J connectivity index is 4.35. The molecule has 0 saturated heterocycles. The molecule has 0 aliphatic heterocycles. The molecule has 1 amide bonds. The Hall–Kier alpha value is -1.26. The molecule has 0 aromatic rings. The van der Waals surface area contributed by atoms with Crippen LogP contribution in [0.5, 0.6) is 0 Å². The fraction of sp³-hybridized carbons (Fsp3) is 0.833. The summed E-state index contributed by atoms with van der Waals surface area (Å²) in [7, 11) is 1.35. The summed E-state index contributed by atoms with van der Waals surface area (Å²) < 4.78 is 9.57. The maximum atomic E-state index is 11.6. The van der Waals surface area contributed by atoms with Crippen LogP contribution in [0.3, 0.4) is 0 Å². The van der Waals surface area contributed by atoms with Crippen molar-refractivity contribution in [1.29, 1.82) is 0 Å². The zero-order valence-corrected chi connectivity index (χ0v) is 11.2. The number of hydrogen-bond acceptors (Lipinski definition) is 4. The second-order valence-corrected chi connectivity index (χ2v) is 3.88. The van der Waals surface area contributed by atoms with Gasteiger partial charge >= 0.3 is 12.1 Å². The Morgan fingerprint density at radius 1 is 1.29 bits per heavy atom. The number of carbonyl (C=O) groups excluding carboxylic acids is 2. The lowest BCUT2D eigenvalue weighted by molar-refractivity contribution is -0.144. The highest BCUT2D eigenvalue weighted by molar-refractivity contribution is 5.72. The minimum atomic E-state index is -0.393.